The molecule has 1 aromatic heterocycles. The van der Waals surface area contributed by atoms with E-state index in [0.717, 1.165) is 21.9 Å². The lowest BCUT2D eigenvalue weighted by atomic mass is 10.1. The number of aryl methyl sites for hydroxylation is 1. The molecule has 0 bridgehead atoms. The number of amides is 1. The maximum atomic E-state index is 12.1. The highest BCUT2D eigenvalue weighted by atomic mass is 32.1. The molecular formula is C18H17N3O2S. The van der Waals surface area contributed by atoms with Crippen LogP contribution >= 0.6 is 11.3 Å². The minimum atomic E-state index is -0.0864. The van der Waals surface area contributed by atoms with Crippen LogP contribution in [0.1, 0.15) is 12.0 Å². The molecule has 0 aliphatic rings. The van der Waals surface area contributed by atoms with Gasteiger partial charge in [-0.15, -0.1) is 10.2 Å². The fourth-order valence-corrected chi connectivity index (χ4v) is 3.08. The minimum absolute atomic E-state index is 0.0864. The number of hydrogen-bond acceptors (Lipinski definition) is 5. The average molecular weight is 339 g/mol. The van der Waals surface area contributed by atoms with Gasteiger partial charge in [0.15, 0.2) is 0 Å². The molecule has 1 amide bonds. The topological polar surface area (TPSA) is 64.1 Å². The fraction of sp³-hybridized carbons (Fsp3) is 0.167. The molecule has 6 heteroatoms. The summed E-state index contributed by atoms with van der Waals surface area (Å²) in [6, 6.07) is 17.5. The SMILES string of the molecule is COc1ccccc1CCC(=O)Nc1nnc(-c2ccccc2)s1. The number of nitrogens with zero attached hydrogens (tertiary/aromatic N) is 2. The van der Waals surface area contributed by atoms with Gasteiger partial charge in [0, 0.05) is 12.0 Å². The molecule has 0 fully saturated rings. The molecule has 5 nitrogen and oxygen atoms in total. The standard InChI is InChI=1S/C18H17N3O2S/c1-23-15-10-6-5-7-13(15)11-12-16(22)19-18-21-20-17(24-18)14-8-3-2-4-9-14/h2-10H,11-12H2,1H3,(H,19,21,22). The van der Waals surface area contributed by atoms with Crippen LogP contribution in [-0.4, -0.2) is 23.2 Å². The van der Waals surface area contributed by atoms with Gasteiger partial charge in [0.05, 0.1) is 7.11 Å². The van der Waals surface area contributed by atoms with Crippen LogP contribution < -0.4 is 10.1 Å². The number of para-hydroxylation sites is 1. The first kappa shape index (κ1) is 16.1. The van der Waals surface area contributed by atoms with Crippen molar-refractivity contribution in [3.63, 3.8) is 0 Å². The first-order chi connectivity index (χ1) is 11.8. The van der Waals surface area contributed by atoms with Crippen molar-refractivity contribution in [3.05, 3.63) is 60.2 Å². The highest BCUT2D eigenvalue weighted by Gasteiger charge is 2.10. The molecule has 2 aromatic carbocycles. The predicted molar refractivity (Wildman–Crippen MR) is 95.3 cm³/mol. The van der Waals surface area contributed by atoms with Crippen LogP contribution in [-0.2, 0) is 11.2 Å². The van der Waals surface area contributed by atoms with Crippen LogP contribution in [0.25, 0.3) is 10.6 Å². The normalized spacial score (nSPS) is 10.4. The predicted octanol–water partition coefficient (Wildman–Crippen LogP) is 3.79. The molecule has 0 radical (unpaired) electrons. The number of carbonyl (C=O) groups excluding carboxylic acids is 1. The average Bonchev–Trinajstić information content (AvgIpc) is 3.09. The molecular weight excluding hydrogens is 322 g/mol. The lowest BCUT2D eigenvalue weighted by Gasteiger charge is -2.07. The van der Waals surface area contributed by atoms with Gasteiger partial charge < -0.3 is 10.1 Å². The third-order valence-electron chi connectivity index (χ3n) is 3.51. The van der Waals surface area contributed by atoms with Crippen LogP contribution in [0.4, 0.5) is 5.13 Å². The van der Waals surface area contributed by atoms with E-state index in [1.165, 1.54) is 11.3 Å². The van der Waals surface area contributed by atoms with Crippen LogP contribution in [0.5, 0.6) is 5.75 Å². The van der Waals surface area contributed by atoms with Gasteiger partial charge in [-0.2, -0.15) is 0 Å². The Kier molecular flexibility index (Phi) is 5.18. The summed E-state index contributed by atoms with van der Waals surface area (Å²) >= 11 is 1.36. The highest BCUT2D eigenvalue weighted by Crippen LogP contribution is 2.26. The lowest BCUT2D eigenvalue weighted by Crippen LogP contribution is -2.12. The van der Waals surface area contributed by atoms with Crippen molar-refractivity contribution in [1.82, 2.24) is 10.2 Å². The Bertz CT molecular complexity index is 818. The number of methoxy groups -OCH3 is 1. The minimum Gasteiger partial charge on any atom is -0.496 e. The second-order valence-electron chi connectivity index (χ2n) is 5.14. The van der Waals surface area contributed by atoms with Gasteiger partial charge in [0.25, 0.3) is 0 Å². The van der Waals surface area contributed by atoms with E-state index < -0.39 is 0 Å². The van der Waals surface area contributed by atoms with Gasteiger partial charge in [-0.3, -0.25) is 4.79 Å². The molecule has 0 saturated carbocycles. The third-order valence-corrected chi connectivity index (χ3v) is 4.39. The van der Waals surface area contributed by atoms with Crippen molar-refractivity contribution in [2.24, 2.45) is 0 Å². The number of ether oxygens (including phenoxy) is 1. The van der Waals surface area contributed by atoms with Crippen molar-refractivity contribution >= 4 is 22.4 Å². The molecule has 3 rings (SSSR count). The first-order valence-electron chi connectivity index (χ1n) is 7.57. The van der Waals surface area contributed by atoms with Crippen molar-refractivity contribution in [2.45, 2.75) is 12.8 Å². The summed E-state index contributed by atoms with van der Waals surface area (Å²) in [5, 5.41) is 12.3. The summed E-state index contributed by atoms with van der Waals surface area (Å²) in [7, 11) is 1.63. The van der Waals surface area contributed by atoms with E-state index in [-0.39, 0.29) is 5.91 Å². The molecule has 0 unspecified atom stereocenters. The number of rotatable bonds is 6. The molecule has 1 N–H and O–H groups in total. The summed E-state index contributed by atoms with van der Waals surface area (Å²) in [6.45, 7) is 0. The van der Waals surface area contributed by atoms with E-state index in [4.69, 9.17) is 4.74 Å². The number of anilines is 1. The molecule has 0 atom stereocenters. The van der Waals surface area contributed by atoms with Crippen molar-refractivity contribution < 1.29 is 9.53 Å². The Balaban J connectivity index is 1.58. The largest absolute Gasteiger partial charge is 0.496 e. The number of hydrogen-bond donors (Lipinski definition) is 1. The Morgan fingerprint density at radius 1 is 1.08 bits per heavy atom. The second-order valence-corrected chi connectivity index (χ2v) is 6.12. The smallest absolute Gasteiger partial charge is 0.226 e. The fourth-order valence-electron chi connectivity index (χ4n) is 2.31. The summed E-state index contributed by atoms with van der Waals surface area (Å²) < 4.78 is 5.30. The summed E-state index contributed by atoms with van der Waals surface area (Å²) in [6.07, 6.45) is 0.973. The van der Waals surface area contributed by atoms with Crippen molar-refractivity contribution in [2.75, 3.05) is 12.4 Å². The third kappa shape index (κ3) is 3.97. The second kappa shape index (κ2) is 7.70. The number of aromatic nitrogens is 2. The Morgan fingerprint density at radius 3 is 2.62 bits per heavy atom. The van der Waals surface area contributed by atoms with E-state index in [1.54, 1.807) is 7.11 Å². The first-order valence-corrected chi connectivity index (χ1v) is 8.38. The maximum absolute atomic E-state index is 12.1. The van der Waals surface area contributed by atoms with E-state index in [2.05, 4.69) is 15.5 Å². The molecule has 0 aliphatic heterocycles. The van der Waals surface area contributed by atoms with Gasteiger partial charge in [-0.1, -0.05) is 59.9 Å². The monoisotopic (exact) mass is 339 g/mol. The van der Waals surface area contributed by atoms with Gasteiger partial charge in [-0.05, 0) is 18.1 Å². The Morgan fingerprint density at radius 2 is 1.83 bits per heavy atom. The lowest BCUT2D eigenvalue weighted by molar-refractivity contribution is -0.116. The summed E-state index contributed by atoms with van der Waals surface area (Å²) in [5.41, 5.74) is 2.00. The van der Waals surface area contributed by atoms with Gasteiger partial charge >= 0.3 is 0 Å². The van der Waals surface area contributed by atoms with Crippen LogP contribution in [0.15, 0.2) is 54.6 Å². The molecule has 122 valence electrons. The number of carbonyl (C=O) groups is 1. The van der Waals surface area contributed by atoms with E-state index in [0.29, 0.717) is 18.0 Å². The zero-order valence-corrected chi connectivity index (χ0v) is 14.0. The Hall–Kier alpha value is -2.73. The van der Waals surface area contributed by atoms with Gasteiger partial charge in [0.1, 0.15) is 10.8 Å². The van der Waals surface area contributed by atoms with Gasteiger partial charge in [-0.25, -0.2) is 0 Å². The van der Waals surface area contributed by atoms with Gasteiger partial charge in [0.2, 0.25) is 11.0 Å². The van der Waals surface area contributed by atoms with Crippen LogP contribution in [0, 0.1) is 0 Å². The van der Waals surface area contributed by atoms with E-state index in [1.807, 2.05) is 54.6 Å². The maximum Gasteiger partial charge on any atom is 0.226 e. The molecule has 24 heavy (non-hydrogen) atoms. The van der Waals surface area contributed by atoms with E-state index >= 15 is 0 Å². The molecule has 1 heterocycles. The number of nitrogens with one attached hydrogen (secondary N) is 1. The highest BCUT2D eigenvalue weighted by molar-refractivity contribution is 7.18. The quantitative estimate of drug-likeness (QED) is 0.742. The van der Waals surface area contributed by atoms with Crippen LogP contribution in [0.2, 0.25) is 0 Å². The molecule has 0 aliphatic carbocycles. The Labute approximate surface area is 144 Å². The summed E-state index contributed by atoms with van der Waals surface area (Å²) in [5.74, 6) is 0.712. The van der Waals surface area contributed by atoms with Crippen LogP contribution in [0.3, 0.4) is 0 Å². The molecule has 0 saturated heterocycles. The molecule has 3 aromatic rings. The van der Waals surface area contributed by atoms with E-state index in [9.17, 15) is 4.79 Å². The molecule has 0 spiro atoms. The zero-order valence-electron chi connectivity index (χ0n) is 13.2. The zero-order chi connectivity index (χ0) is 16.8. The van der Waals surface area contributed by atoms with Crippen molar-refractivity contribution in [3.8, 4) is 16.3 Å². The van der Waals surface area contributed by atoms with Crippen molar-refractivity contribution in [1.29, 1.82) is 0 Å². The number of benzene rings is 2. The summed E-state index contributed by atoms with van der Waals surface area (Å²) in [4.78, 5) is 12.1.